The molecule has 0 heterocycles. The molecule has 1 aromatic carbocycles. The highest BCUT2D eigenvalue weighted by Gasteiger charge is 2.24. The Balaban J connectivity index is 3.05. The highest BCUT2D eigenvalue weighted by atomic mass is 16.5. The van der Waals surface area contributed by atoms with E-state index in [9.17, 15) is 10.4 Å². The molecule has 1 rings (SSSR count). The molecular weight excluding hydrogens is 242 g/mol. The highest BCUT2D eigenvalue weighted by Crippen LogP contribution is 2.33. The molecule has 4 nitrogen and oxygen atoms in total. The van der Waals surface area contributed by atoms with Gasteiger partial charge in [0.25, 0.3) is 0 Å². The van der Waals surface area contributed by atoms with Gasteiger partial charge >= 0.3 is 0 Å². The van der Waals surface area contributed by atoms with Crippen LogP contribution in [0.25, 0.3) is 0 Å². The molecule has 19 heavy (non-hydrogen) atoms. The molecule has 0 spiro atoms. The van der Waals surface area contributed by atoms with Crippen LogP contribution >= 0.6 is 0 Å². The molecule has 104 valence electrons. The Hall–Kier alpha value is -1.73. The van der Waals surface area contributed by atoms with Crippen LogP contribution in [0.2, 0.25) is 0 Å². The molecule has 2 unspecified atom stereocenters. The van der Waals surface area contributed by atoms with Crippen LogP contribution in [0.3, 0.4) is 0 Å². The maximum Gasteiger partial charge on any atom is 0.123 e. The average Bonchev–Trinajstić information content (AvgIpc) is 2.45. The lowest BCUT2D eigenvalue weighted by atomic mass is 9.91. The second-order valence-electron chi connectivity index (χ2n) is 4.42. The zero-order valence-corrected chi connectivity index (χ0v) is 11.7. The van der Waals surface area contributed by atoms with Crippen LogP contribution in [-0.4, -0.2) is 25.4 Å². The van der Waals surface area contributed by atoms with Crippen molar-refractivity contribution in [3.05, 3.63) is 23.8 Å². The third kappa shape index (κ3) is 3.87. The quantitative estimate of drug-likeness (QED) is 0.821. The van der Waals surface area contributed by atoms with E-state index < -0.39 is 12.0 Å². The fourth-order valence-electron chi connectivity index (χ4n) is 2.03. The molecule has 1 aromatic rings. The van der Waals surface area contributed by atoms with Crippen molar-refractivity contribution in [3.8, 4) is 17.6 Å². The molecule has 0 saturated carbocycles. The SMILES string of the molecule is CCCCC(O)C(C#N)c1cc(OC)ccc1OC. The third-order valence-electron chi connectivity index (χ3n) is 3.15. The number of ether oxygens (including phenoxy) is 2. The van der Waals surface area contributed by atoms with E-state index in [2.05, 4.69) is 13.0 Å². The summed E-state index contributed by atoms with van der Waals surface area (Å²) in [6.45, 7) is 2.06. The van der Waals surface area contributed by atoms with Gasteiger partial charge in [0, 0.05) is 5.56 Å². The molecule has 2 atom stereocenters. The predicted molar refractivity (Wildman–Crippen MR) is 73.4 cm³/mol. The Morgan fingerprint density at radius 2 is 2.05 bits per heavy atom. The maximum atomic E-state index is 10.2. The van der Waals surface area contributed by atoms with Crippen LogP contribution in [0, 0.1) is 11.3 Å². The van der Waals surface area contributed by atoms with E-state index in [-0.39, 0.29) is 0 Å². The first kappa shape index (κ1) is 15.3. The summed E-state index contributed by atoms with van der Waals surface area (Å²) in [5, 5.41) is 19.5. The number of nitrogens with zero attached hydrogens (tertiary/aromatic N) is 1. The van der Waals surface area contributed by atoms with Crippen molar-refractivity contribution in [2.24, 2.45) is 0 Å². The molecule has 1 N–H and O–H groups in total. The smallest absolute Gasteiger partial charge is 0.123 e. The van der Waals surface area contributed by atoms with Crippen LogP contribution < -0.4 is 9.47 Å². The Morgan fingerprint density at radius 3 is 2.58 bits per heavy atom. The van der Waals surface area contributed by atoms with Crippen molar-refractivity contribution in [2.45, 2.75) is 38.2 Å². The van der Waals surface area contributed by atoms with Crippen molar-refractivity contribution < 1.29 is 14.6 Å². The van der Waals surface area contributed by atoms with Crippen molar-refractivity contribution >= 4 is 0 Å². The molecular formula is C15H21NO3. The molecule has 0 radical (unpaired) electrons. The molecule has 0 saturated heterocycles. The van der Waals surface area contributed by atoms with E-state index in [0.29, 0.717) is 23.5 Å². The number of rotatable bonds is 7. The van der Waals surface area contributed by atoms with Gasteiger partial charge in [-0.1, -0.05) is 19.8 Å². The van der Waals surface area contributed by atoms with E-state index in [1.807, 2.05) is 0 Å². The summed E-state index contributed by atoms with van der Waals surface area (Å²) in [5.41, 5.74) is 0.674. The van der Waals surface area contributed by atoms with Crippen LogP contribution in [0.15, 0.2) is 18.2 Å². The van der Waals surface area contributed by atoms with Gasteiger partial charge in [-0.3, -0.25) is 0 Å². The normalized spacial score (nSPS) is 13.4. The Bertz CT molecular complexity index is 440. The van der Waals surface area contributed by atoms with Gasteiger partial charge in [0.15, 0.2) is 0 Å². The maximum absolute atomic E-state index is 10.2. The predicted octanol–water partition coefficient (Wildman–Crippen LogP) is 2.86. The van der Waals surface area contributed by atoms with E-state index in [1.54, 1.807) is 32.4 Å². The topological polar surface area (TPSA) is 62.5 Å². The number of hydrogen-bond acceptors (Lipinski definition) is 4. The van der Waals surface area contributed by atoms with Gasteiger partial charge in [0.1, 0.15) is 17.4 Å². The summed E-state index contributed by atoms with van der Waals surface area (Å²) < 4.78 is 10.4. The number of aliphatic hydroxyl groups is 1. The number of benzene rings is 1. The number of methoxy groups -OCH3 is 2. The van der Waals surface area contributed by atoms with Gasteiger partial charge in [0.2, 0.25) is 0 Å². The van der Waals surface area contributed by atoms with Gasteiger partial charge in [0.05, 0.1) is 26.4 Å². The molecule has 4 heteroatoms. The zero-order chi connectivity index (χ0) is 14.3. The Labute approximate surface area is 114 Å². The zero-order valence-electron chi connectivity index (χ0n) is 11.7. The number of hydrogen-bond donors (Lipinski definition) is 1. The monoisotopic (exact) mass is 263 g/mol. The fraction of sp³-hybridized carbons (Fsp3) is 0.533. The van der Waals surface area contributed by atoms with Crippen molar-refractivity contribution in [3.63, 3.8) is 0 Å². The van der Waals surface area contributed by atoms with Crippen LogP contribution in [0.4, 0.5) is 0 Å². The van der Waals surface area contributed by atoms with Crippen molar-refractivity contribution in [1.82, 2.24) is 0 Å². The molecule has 0 aliphatic heterocycles. The highest BCUT2D eigenvalue weighted by molar-refractivity contribution is 5.45. The summed E-state index contributed by atoms with van der Waals surface area (Å²) in [4.78, 5) is 0. The standard InChI is InChI=1S/C15H21NO3/c1-4-5-6-14(17)13(10-16)12-9-11(18-2)7-8-15(12)19-3/h7-9,13-14,17H,4-6H2,1-3H3. The largest absolute Gasteiger partial charge is 0.497 e. The van der Waals surface area contributed by atoms with E-state index in [1.165, 1.54) is 0 Å². The number of aliphatic hydroxyl groups excluding tert-OH is 1. The molecule has 0 bridgehead atoms. The minimum absolute atomic E-state index is 0.600. The summed E-state index contributed by atoms with van der Waals surface area (Å²) in [7, 11) is 3.12. The number of unbranched alkanes of at least 4 members (excludes halogenated alkanes) is 1. The third-order valence-corrected chi connectivity index (χ3v) is 3.15. The fourth-order valence-corrected chi connectivity index (χ4v) is 2.03. The minimum Gasteiger partial charge on any atom is -0.497 e. The number of nitriles is 1. The molecule has 0 aromatic heterocycles. The van der Waals surface area contributed by atoms with Gasteiger partial charge in [-0.15, -0.1) is 0 Å². The first-order chi connectivity index (χ1) is 9.17. The summed E-state index contributed by atoms with van der Waals surface area (Å²) in [5.74, 6) is 0.651. The van der Waals surface area contributed by atoms with Gasteiger partial charge in [-0.05, 0) is 24.6 Å². The first-order valence-corrected chi connectivity index (χ1v) is 6.47. The van der Waals surface area contributed by atoms with Gasteiger partial charge in [-0.25, -0.2) is 0 Å². The molecule has 0 fully saturated rings. The van der Waals surface area contributed by atoms with E-state index >= 15 is 0 Å². The lowest BCUT2D eigenvalue weighted by Crippen LogP contribution is -2.18. The van der Waals surface area contributed by atoms with Crippen molar-refractivity contribution in [1.29, 1.82) is 5.26 Å². The molecule has 0 aliphatic rings. The lowest BCUT2D eigenvalue weighted by molar-refractivity contribution is 0.147. The lowest BCUT2D eigenvalue weighted by Gasteiger charge is -2.19. The van der Waals surface area contributed by atoms with E-state index in [4.69, 9.17) is 9.47 Å². The van der Waals surface area contributed by atoms with E-state index in [0.717, 1.165) is 12.8 Å². The summed E-state index contributed by atoms with van der Waals surface area (Å²) >= 11 is 0. The van der Waals surface area contributed by atoms with Crippen LogP contribution in [0.1, 0.15) is 37.7 Å². The summed E-state index contributed by atoms with van der Waals surface area (Å²) in [6, 6.07) is 7.45. The van der Waals surface area contributed by atoms with Crippen LogP contribution in [0.5, 0.6) is 11.5 Å². The summed E-state index contributed by atoms with van der Waals surface area (Å²) in [6.07, 6.45) is 1.80. The minimum atomic E-state index is -0.689. The van der Waals surface area contributed by atoms with Gasteiger partial charge in [-0.2, -0.15) is 5.26 Å². The van der Waals surface area contributed by atoms with Crippen LogP contribution in [-0.2, 0) is 0 Å². The Kier molecular flexibility index (Phi) is 6.17. The van der Waals surface area contributed by atoms with Gasteiger partial charge < -0.3 is 14.6 Å². The molecule has 0 aliphatic carbocycles. The molecule has 0 amide bonds. The van der Waals surface area contributed by atoms with Crippen molar-refractivity contribution in [2.75, 3.05) is 14.2 Å². The second-order valence-corrected chi connectivity index (χ2v) is 4.42. The first-order valence-electron chi connectivity index (χ1n) is 6.47. The Morgan fingerprint density at radius 1 is 1.32 bits per heavy atom. The average molecular weight is 263 g/mol. The second kappa shape index (κ2) is 7.65.